The Hall–Kier alpha value is -2.92. The number of aromatic nitrogens is 2. The summed E-state index contributed by atoms with van der Waals surface area (Å²) in [5.74, 6) is 0.341. The maximum Gasteiger partial charge on any atom is 0.272 e. The number of anilines is 2. The molecule has 1 amide bonds. The summed E-state index contributed by atoms with van der Waals surface area (Å²) in [7, 11) is 1.75. The van der Waals surface area contributed by atoms with E-state index in [0.717, 1.165) is 11.3 Å². The largest absolute Gasteiger partial charge is 0.339 e. The quantitative estimate of drug-likeness (QED) is 0.749. The number of halogens is 1. The smallest absolute Gasteiger partial charge is 0.272 e. The van der Waals surface area contributed by atoms with E-state index >= 15 is 0 Å². The lowest BCUT2D eigenvalue weighted by molar-refractivity contribution is 0.0779. The van der Waals surface area contributed by atoms with Gasteiger partial charge in [-0.2, -0.15) is 0 Å². The molecule has 0 saturated carbocycles. The van der Waals surface area contributed by atoms with Crippen molar-refractivity contribution < 1.29 is 4.79 Å². The molecular weight excluding hydrogens is 336 g/mol. The van der Waals surface area contributed by atoms with Crippen LogP contribution in [0.4, 0.5) is 11.5 Å². The number of para-hydroxylation sites is 1. The number of hydrogen-bond acceptors (Lipinski definition) is 4. The Morgan fingerprint density at radius 1 is 1.08 bits per heavy atom. The van der Waals surface area contributed by atoms with Crippen molar-refractivity contribution in [3.8, 4) is 0 Å². The van der Waals surface area contributed by atoms with Crippen LogP contribution in [0.3, 0.4) is 0 Å². The van der Waals surface area contributed by atoms with Gasteiger partial charge >= 0.3 is 0 Å². The molecule has 5 nitrogen and oxygen atoms in total. The molecule has 0 aliphatic carbocycles. The van der Waals surface area contributed by atoms with E-state index in [-0.39, 0.29) is 5.91 Å². The second-order valence-electron chi connectivity index (χ2n) is 5.54. The van der Waals surface area contributed by atoms with Gasteiger partial charge < -0.3 is 10.2 Å². The molecule has 25 heavy (non-hydrogen) atoms. The van der Waals surface area contributed by atoms with Crippen LogP contribution in [0.25, 0.3) is 0 Å². The Bertz CT molecular complexity index is 870. The highest BCUT2D eigenvalue weighted by atomic mass is 35.5. The number of carbonyl (C=O) groups excluding carboxylic acids is 1. The van der Waals surface area contributed by atoms with Crippen LogP contribution in [0, 0.1) is 0 Å². The van der Waals surface area contributed by atoms with E-state index in [0.29, 0.717) is 23.1 Å². The van der Waals surface area contributed by atoms with Crippen LogP contribution in [0.1, 0.15) is 16.1 Å². The summed E-state index contributed by atoms with van der Waals surface area (Å²) >= 11 is 6.14. The number of carbonyl (C=O) groups is 1. The Morgan fingerprint density at radius 2 is 1.80 bits per heavy atom. The Morgan fingerprint density at radius 3 is 2.56 bits per heavy atom. The van der Waals surface area contributed by atoms with Gasteiger partial charge in [0.25, 0.3) is 5.91 Å². The van der Waals surface area contributed by atoms with Crippen molar-refractivity contribution in [3.05, 3.63) is 83.3 Å². The fourth-order valence-electron chi connectivity index (χ4n) is 2.37. The molecule has 0 unspecified atom stereocenters. The van der Waals surface area contributed by atoms with Crippen molar-refractivity contribution in [3.63, 3.8) is 0 Å². The van der Waals surface area contributed by atoms with Gasteiger partial charge in [-0.25, -0.2) is 9.97 Å². The molecule has 6 heteroatoms. The highest BCUT2D eigenvalue weighted by Gasteiger charge is 2.14. The van der Waals surface area contributed by atoms with Gasteiger partial charge in [-0.3, -0.25) is 4.79 Å². The summed E-state index contributed by atoms with van der Waals surface area (Å²) in [5.41, 5.74) is 2.10. The molecule has 0 atom stereocenters. The van der Waals surface area contributed by atoms with Gasteiger partial charge in [0, 0.05) is 19.7 Å². The molecule has 3 rings (SSSR count). The fraction of sp³-hybridized carbons (Fsp3) is 0.105. The van der Waals surface area contributed by atoms with E-state index in [2.05, 4.69) is 15.3 Å². The molecule has 0 aliphatic heterocycles. The molecule has 0 saturated heterocycles. The van der Waals surface area contributed by atoms with E-state index in [4.69, 9.17) is 11.6 Å². The zero-order chi connectivity index (χ0) is 17.6. The number of hydrogen-bond donors (Lipinski definition) is 1. The Balaban J connectivity index is 1.74. The summed E-state index contributed by atoms with van der Waals surface area (Å²) in [6.45, 7) is 0.511. The minimum Gasteiger partial charge on any atom is -0.339 e. The predicted octanol–water partition coefficient (Wildman–Crippen LogP) is 4.15. The normalized spacial score (nSPS) is 10.3. The Kier molecular flexibility index (Phi) is 5.26. The van der Waals surface area contributed by atoms with Crippen LogP contribution in [0.2, 0.25) is 5.02 Å². The monoisotopic (exact) mass is 352 g/mol. The average molecular weight is 353 g/mol. The van der Waals surface area contributed by atoms with Crippen LogP contribution in [0.5, 0.6) is 0 Å². The standard InChI is InChI=1S/C19H17ClN4O/c1-24(12-14-7-3-2-4-8-14)19(25)17-11-18(22-13-21-17)23-16-10-6-5-9-15(16)20/h2-11,13H,12H2,1H3,(H,21,22,23). The topological polar surface area (TPSA) is 58.1 Å². The van der Waals surface area contributed by atoms with Gasteiger partial charge in [0.05, 0.1) is 10.7 Å². The number of nitrogens with zero attached hydrogens (tertiary/aromatic N) is 3. The summed E-state index contributed by atoms with van der Waals surface area (Å²) in [4.78, 5) is 22.5. The van der Waals surface area contributed by atoms with Crippen molar-refractivity contribution in [1.29, 1.82) is 0 Å². The molecule has 1 aromatic heterocycles. The zero-order valence-corrected chi connectivity index (χ0v) is 14.4. The molecule has 1 N–H and O–H groups in total. The molecule has 0 spiro atoms. The van der Waals surface area contributed by atoms with Gasteiger partial charge in [0.15, 0.2) is 0 Å². The molecule has 3 aromatic rings. The zero-order valence-electron chi connectivity index (χ0n) is 13.7. The third-order valence-electron chi connectivity index (χ3n) is 3.63. The van der Waals surface area contributed by atoms with Crippen LogP contribution < -0.4 is 5.32 Å². The van der Waals surface area contributed by atoms with E-state index in [1.54, 1.807) is 24.1 Å². The fourth-order valence-corrected chi connectivity index (χ4v) is 2.55. The molecule has 0 bridgehead atoms. The van der Waals surface area contributed by atoms with Crippen LogP contribution in [0.15, 0.2) is 67.0 Å². The van der Waals surface area contributed by atoms with Crippen molar-refractivity contribution >= 4 is 29.0 Å². The molecule has 0 fully saturated rings. The van der Waals surface area contributed by atoms with E-state index in [1.165, 1.54) is 6.33 Å². The summed E-state index contributed by atoms with van der Waals surface area (Å²) in [5, 5.41) is 3.68. The molecule has 2 aromatic carbocycles. The summed E-state index contributed by atoms with van der Waals surface area (Å²) in [6, 6.07) is 18.8. The number of rotatable bonds is 5. The molecule has 1 heterocycles. The predicted molar refractivity (Wildman–Crippen MR) is 99.0 cm³/mol. The first kappa shape index (κ1) is 16.9. The van der Waals surface area contributed by atoms with Crippen molar-refractivity contribution in [2.45, 2.75) is 6.54 Å². The summed E-state index contributed by atoms with van der Waals surface area (Å²) in [6.07, 6.45) is 1.36. The minimum absolute atomic E-state index is 0.173. The number of amides is 1. The highest BCUT2D eigenvalue weighted by molar-refractivity contribution is 6.33. The first-order valence-corrected chi connectivity index (χ1v) is 8.14. The molecule has 126 valence electrons. The highest BCUT2D eigenvalue weighted by Crippen LogP contribution is 2.24. The van der Waals surface area contributed by atoms with Gasteiger partial charge in [-0.1, -0.05) is 54.1 Å². The van der Waals surface area contributed by atoms with Crippen LogP contribution in [-0.4, -0.2) is 27.8 Å². The van der Waals surface area contributed by atoms with Crippen molar-refractivity contribution in [2.24, 2.45) is 0 Å². The van der Waals surface area contributed by atoms with E-state index < -0.39 is 0 Å². The molecular formula is C19H17ClN4O. The second-order valence-corrected chi connectivity index (χ2v) is 5.95. The van der Waals surface area contributed by atoms with Gasteiger partial charge in [-0.05, 0) is 17.7 Å². The van der Waals surface area contributed by atoms with E-state index in [1.807, 2.05) is 48.5 Å². The van der Waals surface area contributed by atoms with Crippen LogP contribution >= 0.6 is 11.6 Å². The third kappa shape index (κ3) is 4.33. The number of benzene rings is 2. The lowest BCUT2D eigenvalue weighted by atomic mass is 10.2. The first-order chi connectivity index (χ1) is 12.1. The first-order valence-electron chi connectivity index (χ1n) is 7.76. The second kappa shape index (κ2) is 7.77. The maximum absolute atomic E-state index is 12.6. The van der Waals surface area contributed by atoms with Crippen molar-refractivity contribution in [1.82, 2.24) is 14.9 Å². The molecule has 0 radical (unpaired) electrons. The molecule has 0 aliphatic rings. The van der Waals surface area contributed by atoms with E-state index in [9.17, 15) is 4.79 Å². The maximum atomic E-state index is 12.6. The SMILES string of the molecule is CN(Cc1ccccc1)C(=O)c1cc(Nc2ccccc2Cl)ncn1. The average Bonchev–Trinajstić information content (AvgIpc) is 2.64. The van der Waals surface area contributed by atoms with Crippen LogP contribution in [-0.2, 0) is 6.54 Å². The van der Waals surface area contributed by atoms with Gasteiger partial charge in [-0.15, -0.1) is 0 Å². The Labute approximate surface area is 151 Å². The lowest BCUT2D eigenvalue weighted by Crippen LogP contribution is -2.27. The minimum atomic E-state index is -0.173. The lowest BCUT2D eigenvalue weighted by Gasteiger charge is -2.17. The summed E-state index contributed by atoms with van der Waals surface area (Å²) < 4.78 is 0. The van der Waals surface area contributed by atoms with Gasteiger partial charge in [0.1, 0.15) is 17.8 Å². The third-order valence-corrected chi connectivity index (χ3v) is 3.96. The van der Waals surface area contributed by atoms with Gasteiger partial charge in [0.2, 0.25) is 0 Å². The number of nitrogens with one attached hydrogen (secondary N) is 1. The van der Waals surface area contributed by atoms with Crippen molar-refractivity contribution in [2.75, 3.05) is 12.4 Å².